The van der Waals surface area contributed by atoms with Crippen LogP contribution in [0, 0.1) is 0 Å². The lowest BCUT2D eigenvalue weighted by atomic mass is 9.92. The van der Waals surface area contributed by atoms with Crippen molar-refractivity contribution in [1.29, 1.82) is 0 Å². The zero-order valence-corrected chi connectivity index (χ0v) is 15.5. The minimum atomic E-state index is -0.124. The third kappa shape index (κ3) is 3.63. The van der Waals surface area contributed by atoms with Crippen LogP contribution in [-0.4, -0.2) is 64.2 Å². The van der Waals surface area contributed by atoms with Gasteiger partial charge in [-0.3, -0.25) is 14.7 Å². The first-order valence-electron chi connectivity index (χ1n) is 9.01. The number of rotatable bonds is 5. The number of H-pyrrole nitrogens is 1. The number of aromatic nitrogens is 3. The monoisotopic (exact) mass is 359 g/mol. The Hall–Kier alpha value is -2.64. The first-order chi connectivity index (χ1) is 12.5. The van der Waals surface area contributed by atoms with Gasteiger partial charge in [0.2, 0.25) is 0 Å². The molecule has 1 aliphatic heterocycles. The number of nitrogens with one attached hydrogen (secondary N) is 1. The molecular formula is C18H25N5O3. The molecule has 0 radical (unpaired) electrons. The Morgan fingerprint density at radius 1 is 1.42 bits per heavy atom. The SMILES string of the molecule is CCCc1cc(C(=O)N2CCC[C@@H](c3[nH]ncc3C(=O)N(C)C)C2)no1. The minimum Gasteiger partial charge on any atom is -0.361 e. The van der Waals surface area contributed by atoms with Crippen molar-refractivity contribution in [2.75, 3.05) is 27.2 Å². The molecule has 0 bridgehead atoms. The van der Waals surface area contributed by atoms with Gasteiger partial charge >= 0.3 is 0 Å². The molecule has 8 heteroatoms. The van der Waals surface area contributed by atoms with Gasteiger partial charge in [-0.2, -0.15) is 5.10 Å². The zero-order chi connectivity index (χ0) is 18.7. The summed E-state index contributed by atoms with van der Waals surface area (Å²) in [5, 5.41) is 10.9. The van der Waals surface area contributed by atoms with Crippen LogP contribution >= 0.6 is 0 Å². The average molecular weight is 359 g/mol. The summed E-state index contributed by atoms with van der Waals surface area (Å²) in [5.41, 5.74) is 1.72. The van der Waals surface area contributed by atoms with Crippen LogP contribution in [0.15, 0.2) is 16.8 Å². The Morgan fingerprint density at radius 2 is 2.23 bits per heavy atom. The van der Waals surface area contributed by atoms with Gasteiger partial charge in [0.15, 0.2) is 5.69 Å². The molecule has 0 aliphatic carbocycles. The highest BCUT2D eigenvalue weighted by molar-refractivity contribution is 5.95. The van der Waals surface area contributed by atoms with Crippen molar-refractivity contribution in [1.82, 2.24) is 25.2 Å². The van der Waals surface area contributed by atoms with Gasteiger partial charge in [-0.25, -0.2) is 0 Å². The average Bonchev–Trinajstić information content (AvgIpc) is 3.30. The van der Waals surface area contributed by atoms with Crippen LogP contribution in [0.3, 0.4) is 0 Å². The number of amides is 2. The number of carbonyl (C=O) groups excluding carboxylic acids is 2. The van der Waals surface area contributed by atoms with Crippen LogP contribution in [0.5, 0.6) is 0 Å². The van der Waals surface area contributed by atoms with Crippen LogP contribution in [0.1, 0.15) is 64.4 Å². The third-order valence-corrected chi connectivity index (χ3v) is 4.70. The predicted octanol–water partition coefficient (Wildman–Crippen LogP) is 2.07. The van der Waals surface area contributed by atoms with E-state index in [1.54, 1.807) is 31.3 Å². The zero-order valence-electron chi connectivity index (χ0n) is 15.5. The van der Waals surface area contributed by atoms with Crippen LogP contribution in [0.2, 0.25) is 0 Å². The van der Waals surface area contributed by atoms with E-state index in [2.05, 4.69) is 22.3 Å². The van der Waals surface area contributed by atoms with E-state index in [0.717, 1.165) is 37.1 Å². The van der Waals surface area contributed by atoms with Gasteiger partial charge in [0.25, 0.3) is 11.8 Å². The van der Waals surface area contributed by atoms with E-state index in [1.807, 2.05) is 0 Å². The highest BCUT2D eigenvalue weighted by Gasteiger charge is 2.30. The molecule has 26 heavy (non-hydrogen) atoms. The van der Waals surface area contributed by atoms with Crippen molar-refractivity contribution >= 4 is 11.8 Å². The fraction of sp³-hybridized carbons (Fsp3) is 0.556. The first-order valence-corrected chi connectivity index (χ1v) is 9.01. The topological polar surface area (TPSA) is 95.3 Å². The van der Waals surface area contributed by atoms with Crippen molar-refractivity contribution < 1.29 is 14.1 Å². The predicted molar refractivity (Wildman–Crippen MR) is 95.0 cm³/mol. The Labute approximate surface area is 152 Å². The van der Waals surface area contributed by atoms with E-state index in [0.29, 0.717) is 24.3 Å². The third-order valence-electron chi connectivity index (χ3n) is 4.70. The fourth-order valence-corrected chi connectivity index (χ4v) is 3.36. The second-order valence-electron chi connectivity index (χ2n) is 6.92. The number of hydrogen-bond acceptors (Lipinski definition) is 5. The van der Waals surface area contributed by atoms with Crippen LogP contribution < -0.4 is 0 Å². The number of piperidine rings is 1. The Balaban J connectivity index is 1.74. The maximum atomic E-state index is 12.8. The molecule has 1 saturated heterocycles. The Morgan fingerprint density at radius 3 is 2.96 bits per heavy atom. The summed E-state index contributed by atoms with van der Waals surface area (Å²) in [6.45, 7) is 3.26. The van der Waals surface area contributed by atoms with Gasteiger partial charge in [-0.05, 0) is 19.3 Å². The highest BCUT2D eigenvalue weighted by Crippen LogP contribution is 2.29. The van der Waals surface area contributed by atoms with Gasteiger partial charge in [0.1, 0.15) is 5.76 Å². The highest BCUT2D eigenvalue weighted by atomic mass is 16.5. The molecule has 1 atom stereocenters. The normalized spacial score (nSPS) is 17.3. The van der Waals surface area contributed by atoms with E-state index in [9.17, 15) is 9.59 Å². The molecule has 1 N–H and O–H groups in total. The molecule has 0 spiro atoms. The van der Waals surface area contributed by atoms with Gasteiger partial charge in [0, 0.05) is 45.6 Å². The van der Waals surface area contributed by atoms with E-state index in [1.165, 1.54) is 4.90 Å². The number of carbonyl (C=O) groups is 2. The van der Waals surface area contributed by atoms with E-state index >= 15 is 0 Å². The van der Waals surface area contributed by atoms with Gasteiger partial charge in [0.05, 0.1) is 17.5 Å². The molecule has 1 aliphatic rings. The number of aryl methyl sites for hydroxylation is 1. The quantitative estimate of drug-likeness (QED) is 0.882. The van der Waals surface area contributed by atoms with E-state index in [-0.39, 0.29) is 17.7 Å². The molecule has 3 heterocycles. The molecule has 8 nitrogen and oxygen atoms in total. The van der Waals surface area contributed by atoms with Crippen LogP contribution in [0.4, 0.5) is 0 Å². The minimum absolute atomic E-state index is 0.0520. The summed E-state index contributed by atoms with van der Waals surface area (Å²) >= 11 is 0. The van der Waals surface area contributed by atoms with E-state index in [4.69, 9.17) is 4.52 Å². The second-order valence-corrected chi connectivity index (χ2v) is 6.92. The second kappa shape index (κ2) is 7.72. The van der Waals surface area contributed by atoms with Gasteiger partial charge in [-0.15, -0.1) is 0 Å². The largest absolute Gasteiger partial charge is 0.361 e. The molecule has 2 aromatic heterocycles. The lowest BCUT2D eigenvalue weighted by Gasteiger charge is -2.32. The smallest absolute Gasteiger partial charge is 0.276 e. The van der Waals surface area contributed by atoms with E-state index < -0.39 is 0 Å². The van der Waals surface area contributed by atoms with Crippen molar-refractivity contribution in [2.45, 2.75) is 38.5 Å². The molecule has 3 rings (SSSR count). The number of hydrogen-bond donors (Lipinski definition) is 1. The summed E-state index contributed by atoms with van der Waals surface area (Å²) in [4.78, 5) is 28.4. The van der Waals surface area contributed by atoms with Crippen LogP contribution in [0.25, 0.3) is 0 Å². The van der Waals surface area contributed by atoms with Crippen molar-refractivity contribution in [3.8, 4) is 0 Å². The standard InChI is InChI=1S/C18H25N5O3/c1-4-6-13-9-15(21-26-13)18(25)23-8-5-7-12(11-23)16-14(10-19-20-16)17(24)22(2)3/h9-10,12H,4-8,11H2,1-3H3,(H,19,20)/t12-/m1/s1. The molecule has 0 aromatic carbocycles. The first kappa shape index (κ1) is 18.2. The lowest BCUT2D eigenvalue weighted by Crippen LogP contribution is -2.39. The van der Waals surface area contributed by atoms with Gasteiger partial charge in [-0.1, -0.05) is 12.1 Å². The summed E-state index contributed by atoms with van der Waals surface area (Å²) in [6.07, 6.45) is 5.04. The molecular weight excluding hydrogens is 334 g/mol. The summed E-state index contributed by atoms with van der Waals surface area (Å²) in [6, 6.07) is 1.73. The molecule has 0 unspecified atom stereocenters. The molecule has 1 fully saturated rings. The van der Waals surface area contributed by atoms with Crippen molar-refractivity contribution in [3.63, 3.8) is 0 Å². The maximum Gasteiger partial charge on any atom is 0.276 e. The molecule has 140 valence electrons. The maximum absolute atomic E-state index is 12.8. The lowest BCUT2D eigenvalue weighted by molar-refractivity contribution is 0.0695. The van der Waals surface area contributed by atoms with Crippen molar-refractivity contribution in [3.05, 3.63) is 35.0 Å². The Bertz CT molecular complexity index is 779. The number of aromatic amines is 1. The summed E-state index contributed by atoms with van der Waals surface area (Å²) in [7, 11) is 3.43. The molecule has 2 aromatic rings. The van der Waals surface area contributed by atoms with Gasteiger partial charge < -0.3 is 14.3 Å². The number of nitrogens with zero attached hydrogens (tertiary/aromatic N) is 4. The summed E-state index contributed by atoms with van der Waals surface area (Å²) < 4.78 is 5.23. The fourth-order valence-electron chi connectivity index (χ4n) is 3.36. The van der Waals surface area contributed by atoms with Crippen LogP contribution in [-0.2, 0) is 6.42 Å². The molecule has 2 amide bonds. The number of likely N-dealkylation sites (tertiary alicyclic amines) is 1. The molecule has 0 saturated carbocycles. The Kier molecular flexibility index (Phi) is 5.39. The van der Waals surface area contributed by atoms with Crippen molar-refractivity contribution in [2.24, 2.45) is 0 Å². The summed E-state index contributed by atoms with van der Waals surface area (Å²) in [5.74, 6) is 0.576.